The number of hydrogen-bond acceptors (Lipinski definition) is 2. The van der Waals surface area contributed by atoms with Crippen molar-refractivity contribution >= 4 is 29.3 Å². The molecular formula is C6H13Cl2NO. The van der Waals surface area contributed by atoms with E-state index in [1.807, 2.05) is 19.0 Å². The molecule has 2 nitrogen and oxygen atoms in total. The second kappa shape index (κ2) is 7.32. The van der Waals surface area contributed by atoms with Crippen LogP contribution < -0.4 is 0 Å². The minimum atomic E-state index is -0.239. The highest BCUT2D eigenvalue weighted by Gasteiger charge is 1.95. The minimum absolute atomic E-state index is 0. The Bertz CT molecular complexity index is 95.7. The Morgan fingerprint density at radius 3 is 2.30 bits per heavy atom. The summed E-state index contributed by atoms with van der Waals surface area (Å²) in [5, 5.41) is -0.239. The third-order valence-electron chi connectivity index (χ3n) is 0.979. The molecule has 0 bridgehead atoms. The fraction of sp³-hybridized carbons (Fsp3) is 0.833. The van der Waals surface area contributed by atoms with E-state index in [0.29, 0.717) is 6.42 Å². The number of hydrogen-bond donors (Lipinski definition) is 0. The van der Waals surface area contributed by atoms with Gasteiger partial charge in [0.25, 0.3) is 0 Å². The largest absolute Gasteiger partial charge is 0.309 e. The summed E-state index contributed by atoms with van der Waals surface area (Å²) in [7, 11) is 3.94. The summed E-state index contributed by atoms with van der Waals surface area (Å²) < 4.78 is 0. The van der Waals surface area contributed by atoms with Gasteiger partial charge in [0.05, 0.1) is 0 Å². The maximum atomic E-state index is 10.2. The predicted molar refractivity (Wildman–Crippen MR) is 45.9 cm³/mol. The van der Waals surface area contributed by atoms with Crippen LogP contribution in [0, 0.1) is 0 Å². The standard InChI is InChI=1S/C6H12ClNO.ClH/c1-8(2)5-3-4-6(7)9;/h3-5H2,1-2H3;1H. The number of carbonyl (C=O) groups is 1. The molecule has 4 heteroatoms. The monoisotopic (exact) mass is 185 g/mol. The van der Waals surface area contributed by atoms with E-state index in [9.17, 15) is 4.79 Å². The lowest BCUT2D eigenvalue weighted by Gasteiger charge is -2.06. The van der Waals surface area contributed by atoms with E-state index >= 15 is 0 Å². The van der Waals surface area contributed by atoms with Crippen molar-refractivity contribution in [3.05, 3.63) is 0 Å². The maximum Gasteiger partial charge on any atom is 0.221 e. The van der Waals surface area contributed by atoms with Gasteiger partial charge in [-0.15, -0.1) is 12.4 Å². The summed E-state index contributed by atoms with van der Waals surface area (Å²) >= 11 is 5.10. The van der Waals surface area contributed by atoms with Crippen LogP contribution in [-0.4, -0.2) is 30.8 Å². The second-order valence-corrected chi connectivity index (χ2v) is 2.68. The first-order valence-corrected chi connectivity index (χ1v) is 3.34. The third-order valence-corrected chi connectivity index (χ3v) is 1.17. The third kappa shape index (κ3) is 11.1. The van der Waals surface area contributed by atoms with Crippen LogP contribution in [0.1, 0.15) is 12.8 Å². The zero-order valence-corrected chi connectivity index (χ0v) is 7.84. The molecule has 0 fully saturated rings. The van der Waals surface area contributed by atoms with Crippen LogP contribution in [0.25, 0.3) is 0 Å². The summed E-state index contributed by atoms with van der Waals surface area (Å²) in [5.74, 6) is 0. The molecule has 0 aromatic rings. The summed E-state index contributed by atoms with van der Waals surface area (Å²) in [5.41, 5.74) is 0. The molecule has 0 unspecified atom stereocenters. The molecule has 0 aliphatic heterocycles. The topological polar surface area (TPSA) is 20.3 Å². The van der Waals surface area contributed by atoms with Gasteiger partial charge in [-0.1, -0.05) is 0 Å². The van der Waals surface area contributed by atoms with Gasteiger partial charge in [0.2, 0.25) is 5.24 Å². The first kappa shape index (κ1) is 12.8. The van der Waals surface area contributed by atoms with Gasteiger partial charge in [-0.3, -0.25) is 4.79 Å². The Labute approximate surface area is 72.9 Å². The summed E-state index contributed by atoms with van der Waals surface area (Å²) in [6.07, 6.45) is 1.34. The van der Waals surface area contributed by atoms with Gasteiger partial charge in [-0.2, -0.15) is 0 Å². The molecule has 0 atom stereocenters. The van der Waals surface area contributed by atoms with Crippen molar-refractivity contribution in [3.63, 3.8) is 0 Å². The number of halogens is 2. The molecule has 0 spiro atoms. The van der Waals surface area contributed by atoms with Crippen LogP contribution in [0.4, 0.5) is 0 Å². The molecule has 0 aromatic carbocycles. The fourth-order valence-electron chi connectivity index (χ4n) is 0.534. The van der Waals surface area contributed by atoms with Crippen molar-refractivity contribution in [2.24, 2.45) is 0 Å². The van der Waals surface area contributed by atoms with Gasteiger partial charge in [-0.05, 0) is 38.7 Å². The Balaban J connectivity index is 0. The average Bonchev–Trinajstić information content (AvgIpc) is 1.63. The maximum absolute atomic E-state index is 10.2. The van der Waals surface area contributed by atoms with Gasteiger partial charge >= 0.3 is 0 Å². The van der Waals surface area contributed by atoms with E-state index in [0.717, 1.165) is 13.0 Å². The predicted octanol–water partition coefficient (Wildman–Crippen LogP) is 1.52. The Morgan fingerprint density at radius 1 is 1.50 bits per heavy atom. The Morgan fingerprint density at radius 2 is 2.00 bits per heavy atom. The first-order valence-electron chi connectivity index (χ1n) is 2.96. The molecule has 0 aromatic heterocycles. The second-order valence-electron chi connectivity index (χ2n) is 2.26. The zero-order valence-electron chi connectivity index (χ0n) is 6.26. The van der Waals surface area contributed by atoms with Crippen LogP contribution in [0.3, 0.4) is 0 Å². The van der Waals surface area contributed by atoms with Gasteiger partial charge < -0.3 is 4.90 Å². The molecule has 0 aliphatic carbocycles. The first-order chi connectivity index (χ1) is 4.13. The number of rotatable bonds is 4. The van der Waals surface area contributed by atoms with Crippen LogP contribution in [0.2, 0.25) is 0 Å². The van der Waals surface area contributed by atoms with Crippen molar-refractivity contribution in [1.82, 2.24) is 4.90 Å². The zero-order chi connectivity index (χ0) is 7.28. The summed E-state index contributed by atoms with van der Waals surface area (Å²) in [6, 6.07) is 0. The Hall–Kier alpha value is 0.210. The Kier molecular flexibility index (Phi) is 9.40. The van der Waals surface area contributed by atoms with E-state index in [1.165, 1.54) is 0 Å². The van der Waals surface area contributed by atoms with E-state index in [1.54, 1.807) is 0 Å². The van der Waals surface area contributed by atoms with Crippen molar-refractivity contribution in [2.45, 2.75) is 12.8 Å². The van der Waals surface area contributed by atoms with Crippen molar-refractivity contribution in [1.29, 1.82) is 0 Å². The van der Waals surface area contributed by atoms with Gasteiger partial charge in [-0.25, -0.2) is 0 Å². The van der Waals surface area contributed by atoms with Crippen LogP contribution in [-0.2, 0) is 4.79 Å². The van der Waals surface area contributed by atoms with E-state index in [-0.39, 0.29) is 17.6 Å². The summed E-state index contributed by atoms with van der Waals surface area (Å²) in [6.45, 7) is 0.929. The lowest BCUT2D eigenvalue weighted by molar-refractivity contribution is -0.111. The molecule has 0 rings (SSSR count). The van der Waals surface area contributed by atoms with E-state index < -0.39 is 0 Å². The van der Waals surface area contributed by atoms with Crippen molar-refractivity contribution in [3.8, 4) is 0 Å². The normalized spacial score (nSPS) is 9.20. The molecule has 10 heavy (non-hydrogen) atoms. The van der Waals surface area contributed by atoms with Crippen LogP contribution in [0.5, 0.6) is 0 Å². The lowest BCUT2D eigenvalue weighted by Crippen LogP contribution is -2.13. The van der Waals surface area contributed by atoms with Crippen molar-refractivity contribution in [2.75, 3.05) is 20.6 Å². The van der Waals surface area contributed by atoms with E-state index in [2.05, 4.69) is 0 Å². The fourth-order valence-corrected chi connectivity index (χ4v) is 0.668. The van der Waals surface area contributed by atoms with Crippen LogP contribution >= 0.6 is 24.0 Å². The quantitative estimate of drug-likeness (QED) is 0.620. The molecule has 0 aliphatic rings. The van der Waals surface area contributed by atoms with Crippen LogP contribution in [0.15, 0.2) is 0 Å². The minimum Gasteiger partial charge on any atom is -0.309 e. The molecule has 0 amide bonds. The highest BCUT2D eigenvalue weighted by atomic mass is 35.5. The molecular weight excluding hydrogens is 173 g/mol. The molecule has 62 valence electrons. The highest BCUT2D eigenvalue weighted by molar-refractivity contribution is 6.63. The molecule has 0 N–H and O–H groups in total. The summed E-state index contributed by atoms with van der Waals surface area (Å²) in [4.78, 5) is 12.2. The van der Waals surface area contributed by atoms with Gasteiger partial charge in [0, 0.05) is 6.42 Å². The van der Waals surface area contributed by atoms with Gasteiger partial charge in [0.1, 0.15) is 0 Å². The number of nitrogens with zero attached hydrogens (tertiary/aromatic N) is 1. The number of carbonyl (C=O) groups excluding carboxylic acids is 1. The highest BCUT2D eigenvalue weighted by Crippen LogP contribution is 1.94. The van der Waals surface area contributed by atoms with Crippen molar-refractivity contribution < 1.29 is 4.79 Å². The SMILES string of the molecule is CN(C)CCCC(=O)Cl.Cl. The lowest BCUT2D eigenvalue weighted by atomic mass is 10.3. The molecule has 0 saturated heterocycles. The molecule has 0 radical (unpaired) electrons. The molecule has 0 saturated carbocycles. The smallest absolute Gasteiger partial charge is 0.221 e. The molecule has 0 heterocycles. The van der Waals surface area contributed by atoms with Gasteiger partial charge in [0.15, 0.2) is 0 Å². The average molecular weight is 186 g/mol. The van der Waals surface area contributed by atoms with E-state index in [4.69, 9.17) is 11.6 Å².